The largest absolute Gasteiger partial charge is 0.370 e. The molecular formula is C20H25BrN2O3S. The van der Waals surface area contributed by atoms with Crippen molar-refractivity contribution in [2.45, 2.75) is 19.6 Å². The zero-order valence-electron chi connectivity index (χ0n) is 15.6. The molecule has 0 aliphatic heterocycles. The summed E-state index contributed by atoms with van der Waals surface area (Å²) >= 11 is 3.32. The van der Waals surface area contributed by atoms with Crippen molar-refractivity contribution in [2.75, 3.05) is 30.3 Å². The van der Waals surface area contributed by atoms with E-state index < -0.39 is 21.5 Å². The highest BCUT2D eigenvalue weighted by Crippen LogP contribution is 2.15. The minimum atomic E-state index is -3.51. The van der Waals surface area contributed by atoms with Gasteiger partial charge in [0.05, 0.1) is 5.75 Å². The van der Waals surface area contributed by atoms with E-state index in [-0.39, 0.29) is 5.75 Å². The maximum absolute atomic E-state index is 12.2. The standard InChI is InChI=1S/C20H25BrN2O3S/c1-3-23(19-9-4-6-16(2)12-19)11-10-22-20(24)15-27(25,26)14-17-7-5-8-18(21)13-17/h4-9,12-13H,3,10-11,14-15H2,1-2H3,(H,22,24). The fourth-order valence-corrected chi connectivity index (χ4v) is 4.54. The minimum absolute atomic E-state index is 0.149. The molecule has 27 heavy (non-hydrogen) atoms. The van der Waals surface area contributed by atoms with Crippen LogP contribution in [-0.4, -0.2) is 39.7 Å². The maximum atomic E-state index is 12.2. The second kappa shape index (κ2) is 9.90. The lowest BCUT2D eigenvalue weighted by molar-refractivity contribution is -0.118. The van der Waals surface area contributed by atoms with Crippen molar-refractivity contribution >= 4 is 37.4 Å². The van der Waals surface area contributed by atoms with E-state index in [0.29, 0.717) is 18.7 Å². The molecular weight excluding hydrogens is 428 g/mol. The van der Waals surface area contributed by atoms with Crippen molar-refractivity contribution in [3.05, 3.63) is 64.1 Å². The van der Waals surface area contributed by atoms with Crippen LogP contribution >= 0.6 is 15.9 Å². The Balaban J connectivity index is 1.84. The first-order chi connectivity index (χ1) is 12.8. The lowest BCUT2D eigenvalue weighted by Gasteiger charge is -2.23. The van der Waals surface area contributed by atoms with Gasteiger partial charge in [-0.15, -0.1) is 0 Å². The molecule has 0 aliphatic rings. The molecule has 0 unspecified atom stereocenters. The van der Waals surface area contributed by atoms with E-state index >= 15 is 0 Å². The van der Waals surface area contributed by atoms with Crippen LogP contribution in [0.1, 0.15) is 18.1 Å². The Labute approximate surface area is 169 Å². The van der Waals surface area contributed by atoms with Gasteiger partial charge in [-0.3, -0.25) is 4.79 Å². The minimum Gasteiger partial charge on any atom is -0.370 e. The number of sulfone groups is 1. The number of rotatable bonds is 9. The van der Waals surface area contributed by atoms with Gasteiger partial charge in [-0.25, -0.2) is 8.42 Å². The third-order valence-electron chi connectivity index (χ3n) is 4.08. The molecule has 0 aliphatic carbocycles. The van der Waals surface area contributed by atoms with E-state index in [4.69, 9.17) is 0 Å². The molecule has 2 aromatic carbocycles. The van der Waals surface area contributed by atoms with E-state index in [9.17, 15) is 13.2 Å². The van der Waals surface area contributed by atoms with Crippen LogP contribution in [0.15, 0.2) is 53.0 Å². The smallest absolute Gasteiger partial charge is 0.235 e. The van der Waals surface area contributed by atoms with Gasteiger partial charge in [0.2, 0.25) is 5.91 Å². The number of likely N-dealkylation sites (N-methyl/N-ethyl adjacent to an activating group) is 1. The first-order valence-corrected chi connectivity index (χ1v) is 11.4. The van der Waals surface area contributed by atoms with Crippen molar-refractivity contribution < 1.29 is 13.2 Å². The van der Waals surface area contributed by atoms with Gasteiger partial charge in [0, 0.05) is 29.8 Å². The highest BCUT2D eigenvalue weighted by atomic mass is 79.9. The average Bonchev–Trinajstić information content (AvgIpc) is 2.57. The second-order valence-corrected chi connectivity index (χ2v) is 9.41. The summed E-state index contributed by atoms with van der Waals surface area (Å²) < 4.78 is 25.3. The Bertz CT molecular complexity index is 884. The van der Waals surface area contributed by atoms with Crippen molar-refractivity contribution in [3.8, 4) is 0 Å². The zero-order chi connectivity index (χ0) is 19.9. The number of amides is 1. The molecule has 0 aromatic heterocycles. The number of hydrogen-bond donors (Lipinski definition) is 1. The highest BCUT2D eigenvalue weighted by Gasteiger charge is 2.17. The maximum Gasteiger partial charge on any atom is 0.235 e. The van der Waals surface area contributed by atoms with Gasteiger partial charge < -0.3 is 10.2 Å². The van der Waals surface area contributed by atoms with Crippen LogP contribution < -0.4 is 10.2 Å². The van der Waals surface area contributed by atoms with Crippen molar-refractivity contribution in [1.29, 1.82) is 0 Å². The normalized spacial score (nSPS) is 11.2. The number of benzene rings is 2. The molecule has 0 radical (unpaired) electrons. The lowest BCUT2D eigenvalue weighted by Crippen LogP contribution is -2.37. The molecule has 0 heterocycles. The number of carbonyl (C=O) groups is 1. The summed E-state index contributed by atoms with van der Waals surface area (Å²) in [5.74, 6) is -1.12. The molecule has 0 saturated heterocycles. The van der Waals surface area contributed by atoms with Gasteiger partial charge >= 0.3 is 0 Å². The van der Waals surface area contributed by atoms with E-state index in [1.165, 1.54) is 5.56 Å². The molecule has 1 amide bonds. The number of nitrogens with zero attached hydrogens (tertiary/aromatic N) is 1. The van der Waals surface area contributed by atoms with E-state index in [1.807, 2.05) is 38.1 Å². The first-order valence-electron chi connectivity index (χ1n) is 8.82. The van der Waals surface area contributed by atoms with Crippen LogP contribution in [0.25, 0.3) is 0 Å². The van der Waals surface area contributed by atoms with Crippen LogP contribution in [0, 0.1) is 6.92 Å². The second-order valence-electron chi connectivity index (χ2n) is 6.43. The molecule has 146 valence electrons. The Kier molecular flexibility index (Phi) is 7.86. The molecule has 5 nitrogen and oxygen atoms in total. The van der Waals surface area contributed by atoms with E-state index in [2.05, 4.69) is 32.2 Å². The summed E-state index contributed by atoms with van der Waals surface area (Å²) in [5.41, 5.74) is 2.93. The monoisotopic (exact) mass is 452 g/mol. The summed E-state index contributed by atoms with van der Waals surface area (Å²) in [7, 11) is -3.51. The Morgan fingerprint density at radius 3 is 2.56 bits per heavy atom. The molecule has 0 saturated carbocycles. The Morgan fingerprint density at radius 2 is 1.89 bits per heavy atom. The van der Waals surface area contributed by atoms with Gasteiger partial charge in [0.25, 0.3) is 0 Å². The van der Waals surface area contributed by atoms with E-state index in [0.717, 1.165) is 16.7 Å². The van der Waals surface area contributed by atoms with Gasteiger partial charge in [0.1, 0.15) is 5.75 Å². The topological polar surface area (TPSA) is 66.5 Å². The molecule has 2 rings (SSSR count). The summed E-state index contributed by atoms with van der Waals surface area (Å²) in [5, 5.41) is 2.72. The summed E-state index contributed by atoms with van der Waals surface area (Å²) in [6.45, 7) is 5.91. The van der Waals surface area contributed by atoms with Gasteiger partial charge in [-0.05, 0) is 49.2 Å². The molecule has 7 heteroatoms. The van der Waals surface area contributed by atoms with Crippen LogP contribution in [0.5, 0.6) is 0 Å². The van der Waals surface area contributed by atoms with Gasteiger partial charge in [0.15, 0.2) is 9.84 Å². The van der Waals surface area contributed by atoms with Crippen LogP contribution in [0.4, 0.5) is 5.69 Å². The predicted octanol–water partition coefficient (Wildman–Crippen LogP) is 3.32. The van der Waals surface area contributed by atoms with Crippen LogP contribution in [0.3, 0.4) is 0 Å². The number of nitrogens with one attached hydrogen (secondary N) is 1. The summed E-state index contributed by atoms with van der Waals surface area (Å²) in [6, 6.07) is 15.2. The lowest BCUT2D eigenvalue weighted by atomic mass is 10.2. The first kappa shape index (κ1) is 21.4. The average molecular weight is 453 g/mol. The SMILES string of the molecule is CCN(CCNC(=O)CS(=O)(=O)Cc1cccc(Br)c1)c1cccc(C)c1. The van der Waals surface area contributed by atoms with Gasteiger partial charge in [-0.1, -0.05) is 40.2 Å². The van der Waals surface area contributed by atoms with Crippen molar-refractivity contribution in [3.63, 3.8) is 0 Å². The van der Waals surface area contributed by atoms with Crippen molar-refractivity contribution in [1.82, 2.24) is 5.32 Å². The molecule has 1 N–H and O–H groups in total. The fraction of sp³-hybridized carbons (Fsp3) is 0.350. The predicted molar refractivity (Wildman–Crippen MR) is 114 cm³/mol. The fourth-order valence-electron chi connectivity index (χ4n) is 2.81. The molecule has 0 bridgehead atoms. The Morgan fingerprint density at radius 1 is 1.15 bits per heavy atom. The molecule has 2 aromatic rings. The van der Waals surface area contributed by atoms with Crippen LogP contribution in [-0.2, 0) is 20.4 Å². The summed E-state index contributed by atoms with van der Waals surface area (Å²) in [4.78, 5) is 14.2. The zero-order valence-corrected chi connectivity index (χ0v) is 18.0. The van der Waals surface area contributed by atoms with Crippen molar-refractivity contribution in [2.24, 2.45) is 0 Å². The number of halogens is 1. The number of hydrogen-bond acceptors (Lipinski definition) is 4. The number of carbonyl (C=O) groups excluding carboxylic acids is 1. The number of aryl methyl sites for hydroxylation is 1. The van der Waals surface area contributed by atoms with E-state index in [1.54, 1.807) is 18.2 Å². The van der Waals surface area contributed by atoms with Gasteiger partial charge in [-0.2, -0.15) is 0 Å². The highest BCUT2D eigenvalue weighted by molar-refractivity contribution is 9.10. The summed E-state index contributed by atoms with van der Waals surface area (Å²) in [6.07, 6.45) is 0. The molecule has 0 atom stereocenters. The van der Waals surface area contributed by atoms with Crippen LogP contribution in [0.2, 0.25) is 0 Å². The number of anilines is 1. The molecule has 0 spiro atoms. The Hall–Kier alpha value is -1.86. The third-order valence-corrected chi connectivity index (χ3v) is 6.05. The quantitative estimate of drug-likeness (QED) is 0.633. The molecule has 0 fully saturated rings. The third kappa shape index (κ3) is 7.34.